The number of alkyl halides is 5. The van der Waals surface area contributed by atoms with Crippen LogP contribution in [0.1, 0.15) is 12.8 Å². The van der Waals surface area contributed by atoms with Crippen LogP contribution in [0.5, 0.6) is 0 Å². The average molecular weight is 205 g/mol. The number of hydrogen-bond acceptors (Lipinski definition) is 1. The second-order valence-corrected chi connectivity index (χ2v) is 2.38. The molecule has 0 unspecified atom stereocenters. The molecule has 0 saturated heterocycles. The molecular formula is C6H8F5NO. The maximum atomic E-state index is 12.1. The zero-order valence-corrected chi connectivity index (χ0v) is 6.50. The lowest BCUT2D eigenvalue weighted by molar-refractivity contribution is -0.284. The van der Waals surface area contributed by atoms with Gasteiger partial charge in [0.25, 0.3) is 0 Å². The summed E-state index contributed by atoms with van der Waals surface area (Å²) in [5.74, 6) is -4.67. The molecule has 0 radical (unpaired) electrons. The SMILES string of the molecule is O=CNCCCC(F)(F)C(F)(F)F. The van der Waals surface area contributed by atoms with Gasteiger partial charge in [-0.2, -0.15) is 22.0 Å². The van der Waals surface area contributed by atoms with E-state index in [9.17, 15) is 26.7 Å². The van der Waals surface area contributed by atoms with Gasteiger partial charge in [0.1, 0.15) is 0 Å². The number of halogens is 5. The fraction of sp³-hybridized carbons (Fsp3) is 0.833. The number of carbonyl (C=O) groups is 1. The molecule has 0 aliphatic carbocycles. The topological polar surface area (TPSA) is 29.1 Å². The highest BCUT2D eigenvalue weighted by Crippen LogP contribution is 2.38. The van der Waals surface area contributed by atoms with Crippen molar-refractivity contribution >= 4 is 6.41 Å². The molecule has 1 N–H and O–H groups in total. The summed E-state index contributed by atoms with van der Waals surface area (Å²) < 4.78 is 58.7. The van der Waals surface area contributed by atoms with Gasteiger partial charge >= 0.3 is 12.1 Å². The molecule has 0 fully saturated rings. The lowest BCUT2D eigenvalue weighted by Crippen LogP contribution is -2.36. The number of rotatable bonds is 5. The highest BCUT2D eigenvalue weighted by molar-refractivity contribution is 5.45. The first-order chi connectivity index (χ1) is 5.81. The molecule has 7 heteroatoms. The molecule has 0 bridgehead atoms. The van der Waals surface area contributed by atoms with Crippen LogP contribution in [-0.4, -0.2) is 25.1 Å². The first-order valence-electron chi connectivity index (χ1n) is 3.43. The summed E-state index contributed by atoms with van der Waals surface area (Å²) >= 11 is 0. The summed E-state index contributed by atoms with van der Waals surface area (Å²) in [5.41, 5.74) is 0. The third-order valence-corrected chi connectivity index (χ3v) is 1.31. The molecule has 0 aromatic rings. The average Bonchev–Trinajstić information content (AvgIpc) is 1.96. The van der Waals surface area contributed by atoms with E-state index in [0.29, 0.717) is 0 Å². The Balaban J connectivity index is 3.83. The van der Waals surface area contributed by atoms with Crippen molar-refractivity contribution in [3.05, 3.63) is 0 Å². The summed E-state index contributed by atoms with van der Waals surface area (Å²) in [6.45, 7) is -0.185. The smallest absolute Gasteiger partial charge is 0.359 e. The van der Waals surface area contributed by atoms with E-state index in [0.717, 1.165) is 0 Å². The molecule has 13 heavy (non-hydrogen) atoms. The van der Waals surface area contributed by atoms with Crippen LogP contribution in [0.4, 0.5) is 22.0 Å². The Morgan fingerprint density at radius 2 is 1.69 bits per heavy atom. The van der Waals surface area contributed by atoms with E-state index in [1.807, 2.05) is 5.32 Å². The molecular weight excluding hydrogens is 197 g/mol. The zero-order valence-electron chi connectivity index (χ0n) is 6.50. The molecule has 0 aromatic carbocycles. The molecule has 0 aliphatic rings. The largest absolute Gasteiger partial charge is 0.453 e. The normalized spacial score (nSPS) is 12.7. The molecule has 2 nitrogen and oxygen atoms in total. The summed E-state index contributed by atoms with van der Waals surface area (Å²) in [4.78, 5) is 9.61. The molecule has 0 spiro atoms. The summed E-state index contributed by atoms with van der Waals surface area (Å²) in [5, 5.41) is 1.99. The van der Waals surface area contributed by atoms with Crippen molar-refractivity contribution in [2.24, 2.45) is 0 Å². The molecule has 0 saturated carbocycles. The Hall–Kier alpha value is -0.880. The summed E-state index contributed by atoms with van der Waals surface area (Å²) in [6, 6.07) is 0. The Labute approximate surface area is 71.1 Å². The zero-order chi connectivity index (χ0) is 10.5. The van der Waals surface area contributed by atoms with Crippen molar-refractivity contribution in [2.45, 2.75) is 24.9 Å². The van der Waals surface area contributed by atoms with E-state index < -0.39 is 24.9 Å². The minimum atomic E-state index is -5.51. The molecule has 0 atom stereocenters. The fourth-order valence-corrected chi connectivity index (χ4v) is 0.613. The molecule has 0 aromatic heterocycles. The third kappa shape index (κ3) is 4.05. The van der Waals surface area contributed by atoms with Crippen molar-refractivity contribution in [2.75, 3.05) is 6.54 Å². The quantitative estimate of drug-likeness (QED) is 0.413. The maximum Gasteiger partial charge on any atom is 0.453 e. The van der Waals surface area contributed by atoms with E-state index in [4.69, 9.17) is 0 Å². The van der Waals surface area contributed by atoms with Gasteiger partial charge in [0.2, 0.25) is 6.41 Å². The van der Waals surface area contributed by atoms with E-state index in [1.165, 1.54) is 0 Å². The third-order valence-electron chi connectivity index (χ3n) is 1.31. The van der Waals surface area contributed by atoms with Gasteiger partial charge in [0, 0.05) is 13.0 Å². The second-order valence-electron chi connectivity index (χ2n) is 2.38. The second kappa shape index (κ2) is 4.38. The number of hydrogen-bond donors (Lipinski definition) is 1. The van der Waals surface area contributed by atoms with Crippen LogP contribution in [0.15, 0.2) is 0 Å². The van der Waals surface area contributed by atoms with Crippen LogP contribution < -0.4 is 5.32 Å². The van der Waals surface area contributed by atoms with Gasteiger partial charge in [0.05, 0.1) is 0 Å². The summed E-state index contributed by atoms with van der Waals surface area (Å²) in [7, 11) is 0. The molecule has 0 rings (SSSR count). The predicted molar refractivity (Wildman–Crippen MR) is 34.3 cm³/mol. The molecule has 0 aliphatic heterocycles. The van der Waals surface area contributed by atoms with E-state index in [2.05, 4.69) is 0 Å². The highest BCUT2D eigenvalue weighted by Gasteiger charge is 2.56. The number of amides is 1. The first kappa shape index (κ1) is 12.1. The Morgan fingerprint density at radius 1 is 1.15 bits per heavy atom. The first-order valence-corrected chi connectivity index (χ1v) is 3.43. The van der Waals surface area contributed by atoms with Gasteiger partial charge in [-0.1, -0.05) is 0 Å². The van der Waals surface area contributed by atoms with Crippen molar-refractivity contribution < 1.29 is 26.7 Å². The Bertz CT molecular complexity index is 167. The van der Waals surface area contributed by atoms with Gasteiger partial charge in [-0.25, -0.2) is 0 Å². The van der Waals surface area contributed by atoms with Crippen LogP contribution in [0.2, 0.25) is 0 Å². The van der Waals surface area contributed by atoms with Crippen molar-refractivity contribution in [1.82, 2.24) is 5.32 Å². The lowest BCUT2D eigenvalue weighted by Gasteiger charge is -2.18. The van der Waals surface area contributed by atoms with Crippen LogP contribution in [0, 0.1) is 0 Å². The number of carbonyl (C=O) groups excluding carboxylic acids is 1. The van der Waals surface area contributed by atoms with Gasteiger partial charge in [0.15, 0.2) is 0 Å². The maximum absolute atomic E-state index is 12.1. The van der Waals surface area contributed by atoms with E-state index in [-0.39, 0.29) is 13.0 Å². The van der Waals surface area contributed by atoms with Crippen molar-refractivity contribution in [3.63, 3.8) is 0 Å². The van der Waals surface area contributed by atoms with Crippen LogP contribution in [0.25, 0.3) is 0 Å². The van der Waals surface area contributed by atoms with Crippen LogP contribution >= 0.6 is 0 Å². The van der Waals surface area contributed by atoms with Gasteiger partial charge in [-0.15, -0.1) is 0 Å². The van der Waals surface area contributed by atoms with Gasteiger partial charge < -0.3 is 5.32 Å². The molecule has 1 amide bonds. The summed E-state index contributed by atoms with van der Waals surface area (Å²) in [6.07, 6.45) is -6.98. The highest BCUT2D eigenvalue weighted by atomic mass is 19.4. The molecule has 0 heterocycles. The number of nitrogens with one attached hydrogen (secondary N) is 1. The van der Waals surface area contributed by atoms with Gasteiger partial charge in [-0.05, 0) is 6.42 Å². The van der Waals surface area contributed by atoms with Crippen LogP contribution in [0.3, 0.4) is 0 Å². The predicted octanol–water partition coefficient (Wildman–Crippen LogP) is 1.71. The van der Waals surface area contributed by atoms with Crippen molar-refractivity contribution in [3.8, 4) is 0 Å². The van der Waals surface area contributed by atoms with Gasteiger partial charge in [-0.3, -0.25) is 4.79 Å². The fourth-order valence-electron chi connectivity index (χ4n) is 0.613. The Kier molecular flexibility index (Phi) is 4.09. The Morgan fingerprint density at radius 3 is 2.08 bits per heavy atom. The lowest BCUT2D eigenvalue weighted by atomic mass is 10.2. The van der Waals surface area contributed by atoms with Crippen molar-refractivity contribution in [1.29, 1.82) is 0 Å². The van der Waals surface area contributed by atoms with E-state index >= 15 is 0 Å². The molecule has 78 valence electrons. The van der Waals surface area contributed by atoms with E-state index in [1.54, 1.807) is 0 Å². The van der Waals surface area contributed by atoms with Crippen LogP contribution in [-0.2, 0) is 4.79 Å². The minimum Gasteiger partial charge on any atom is -0.359 e. The minimum absolute atomic E-state index is 0.185. The standard InChI is InChI=1S/C6H8F5NO/c7-5(8,6(9,10)11)2-1-3-12-4-13/h4H,1-3H2,(H,12,13). The monoisotopic (exact) mass is 205 g/mol.